The topological polar surface area (TPSA) is 107 Å². The number of hydrogen-bond donors (Lipinski definition) is 3. The number of benzene rings is 1. The number of fused-ring (bicyclic) bond motifs is 1. The van der Waals surface area contributed by atoms with Gasteiger partial charge in [-0.15, -0.1) is 0 Å². The van der Waals surface area contributed by atoms with Crippen molar-refractivity contribution in [1.29, 1.82) is 0 Å². The number of halogens is 1. The highest BCUT2D eigenvalue weighted by Gasteiger charge is 2.44. The van der Waals surface area contributed by atoms with Gasteiger partial charge in [0.05, 0.1) is 22.4 Å². The maximum Gasteiger partial charge on any atom is 0.262 e. The number of alkyl halides is 1. The Kier molecular flexibility index (Phi) is 7.63. The molecule has 9 heteroatoms. The van der Waals surface area contributed by atoms with Gasteiger partial charge in [-0.25, -0.2) is 9.37 Å². The second-order valence-corrected chi connectivity index (χ2v) is 11.5. The van der Waals surface area contributed by atoms with Crippen LogP contribution in [0, 0.1) is 11.3 Å². The van der Waals surface area contributed by atoms with Crippen molar-refractivity contribution in [2.75, 3.05) is 24.2 Å². The lowest BCUT2D eigenvalue weighted by Gasteiger charge is -2.35. The van der Waals surface area contributed by atoms with E-state index in [2.05, 4.69) is 34.4 Å². The van der Waals surface area contributed by atoms with Crippen LogP contribution < -0.4 is 10.6 Å². The molecule has 3 N–H and O–H groups in total. The van der Waals surface area contributed by atoms with Crippen LogP contribution in [0.4, 0.5) is 21.6 Å². The molecule has 1 atom stereocenters. The molecule has 1 aromatic carbocycles. The molecule has 1 unspecified atom stereocenters. The molecular weight excluding hydrogens is 497 g/mol. The number of aromatic amines is 1. The molecule has 2 amide bonds. The van der Waals surface area contributed by atoms with Crippen molar-refractivity contribution in [3.05, 3.63) is 59.9 Å². The smallest absolute Gasteiger partial charge is 0.262 e. The van der Waals surface area contributed by atoms with Crippen molar-refractivity contribution in [1.82, 2.24) is 14.9 Å². The van der Waals surface area contributed by atoms with Gasteiger partial charge in [0, 0.05) is 49.6 Å². The second-order valence-electron chi connectivity index (χ2n) is 11.5. The van der Waals surface area contributed by atoms with Gasteiger partial charge >= 0.3 is 0 Å². The van der Waals surface area contributed by atoms with E-state index >= 15 is 0 Å². The summed E-state index contributed by atoms with van der Waals surface area (Å²) in [7, 11) is 1.78. The van der Waals surface area contributed by atoms with Gasteiger partial charge in [0.2, 0.25) is 5.91 Å². The Morgan fingerprint density at radius 2 is 1.87 bits per heavy atom. The quantitative estimate of drug-likeness (QED) is 0.341. The number of H-pyrrole nitrogens is 1. The van der Waals surface area contributed by atoms with Gasteiger partial charge in [0.1, 0.15) is 5.82 Å². The number of rotatable bonds is 8. The molecular formula is C30H36FN5O3. The van der Waals surface area contributed by atoms with Crippen LogP contribution in [0.1, 0.15) is 57.1 Å². The highest BCUT2D eigenvalue weighted by Crippen LogP contribution is 2.44. The molecule has 0 aliphatic heterocycles. The van der Waals surface area contributed by atoms with Gasteiger partial charge in [0.25, 0.3) is 5.91 Å². The summed E-state index contributed by atoms with van der Waals surface area (Å²) in [5, 5.41) is 5.90. The van der Waals surface area contributed by atoms with E-state index in [1.165, 1.54) is 20.0 Å². The normalized spacial score (nSPS) is 17.1. The maximum absolute atomic E-state index is 14.1. The van der Waals surface area contributed by atoms with E-state index < -0.39 is 17.0 Å². The molecule has 0 fully saturated rings. The third-order valence-electron chi connectivity index (χ3n) is 6.85. The lowest BCUT2D eigenvalue weighted by molar-refractivity contribution is -0.140. The molecule has 3 aromatic rings. The van der Waals surface area contributed by atoms with Crippen LogP contribution >= 0.6 is 0 Å². The maximum atomic E-state index is 14.1. The minimum absolute atomic E-state index is 0.0633. The summed E-state index contributed by atoms with van der Waals surface area (Å²) in [6.45, 7) is 8.90. The third-order valence-corrected chi connectivity index (χ3v) is 6.85. The van der Waals surface area contributed by atoms with E-state index in [0.29, 0.717) is 47.1 Å². The number of nitrogens with one attached hydrogen (secondary N) is 3. The summed E-state index contributed by atoms with van der Waals surface area (Å²) in [5.41, 5.74) is 0.846. The summed E-state index contributed by atoms with van der Waals surface area (Å²) < 4.78 is 14.1. The first-order valence-corrected chi connectivity index (χ1v) is 13.1. The van der Waals surface area contributed by atoms with Crippen molar-refractivity contribution in [3.8, 4) is 11.3 Å². The Bertz CT molecular complexity index is 1390. The Hall–Kier alpha value is -4.01. The number of pyridine rings is 1. The number of carbonyl (C=O) groups is 3. The van der Waals surface area contributed by atoms with Crippen LogP contribution in [0.15, 0.2) is 48.7 Å². The Balaban J connectivity index is 1.78. The second kappa shape index (κ2) is 10.6. The minimum atomic E-state index is -2.07. The Morgan fingerprint density at radius 1 is 1.18 bits per heavy atom. The number of para-hydroxylation sites is 1. The fourth-order valence-corrected chi connectivity index (χ4v) is 5.06. The van der Waals surface area contributed by atoms with Crippen LogP contribution in [0.2, 0.25) is 0 Å². The lowest BCUT2D eigenvalue weighted by atomic mass is 9.73. The number of ketones is 1. The van der Waals surface area contributed by atoms with E-state index in [1.807, 2.05) is 37.3 Å². The zero-order valence-corrected chi connectivity index (χ0v) is 23.3. The SMILES string of the molecule is CC(C)CN(C)C(=O)C1(C)CC(=O)c2c([nH]c(-c3ccnc(NC(=O)C(C)(C)F)c3)c2Nc2ccccc2)C1. The Labute approximate surface area is 228 Å². The zero-order valence-electron chi connectivity index (χ0n) is 23.3. The fraction of sp³-hybridized carbons (Fsp3) is 0.400. The molecule has 39 heavy (non-hydrogen) atoms. The van der Waals surface area contributed by atoms with Crippen LogP contribution in [0.3, 0.4) is 0 Å². The van der Waals surface area contributed by atoms with Crippen LogP contribution in [0.25, 0.3) is 11.3 Å². The van der Waals surface area contributed by atoms with Crippen molar-refractivity contribution in [2.45, 2.75) is 53.1 Å². The average molecular weight is 534 g/mol. The predicted octanol–water partition coefficient (Wildman–Crippen LogP) is 5.76. The zero-order chi connectivity index (χ0) is 28.5. The average Bonchev–Trinajstić information content (AvgIpc) is 3.21. The summed E-state index contributed by atoms with van der Waals surface area (Å²) in [6.07, 6.45) is 1.97. The van der Waals surface area contributed by atoms with E-state index in [4.69, 9.17) is 0 Å². The molecule has 1 aliphatic carbocycles. The van der Waals surface area contributed by atoms with Gasteiger partial charge < -0.3 is 20.5 Å². The number of anilines is 3. The van der Waals surface area contributed by atoms with Crippen LogP contribution in [-0.4, -0.2) is 51.7 Å². The van der Waals surface area contributed by atoms with E-state index in [9.17, 15) is 18.8 Å². The van der Waals surface area contributed by atoms with Gasteiger partial charge in [0.15, 0.2) is 11.5 Å². The molecule has 2 heterocycles. The van der Waals surface area contributed by atoms with Gasteiger partial charge in [-0.3, -0.25) is 14.4 Å². The first-order chi connectivity index (χ1) is 18.3. The van der Waals surface area contributed by atoms with Gasteiger partial charge in [-0.1, -0.05) is 32.0 Å². The molecule has 0 spiro atoms. The number of carbonyl (C=O) groups excluding carboxylic acids is 3. The van der Waals surface area contributed by atoms with Crippen molar-refractivity contribution < 1.29 is 18.8 Å². The molecule has 2 aromatic heterocycles. The number of aromatic nitrogens is 2. The summed E-state index contributed by atoms with van der Waals surface area (Å²) in [4.78, 5) is 48.6. The number of nitrogens with zero attached hydrogens (tertiary/aromatic N) is 2. The Morgan fingerprint density at radius 3 is 2.51 bits per heavy atom. The van der Waals surface area contributed by atoms with Crippen LogP contribution in [-0.2, 0) is 16.0 Å². The van der Waals surface area contributed by atoms with Crippen molar-refractivity contribution in [3.63, 3.8) is 0 Å². The number of amides is 2. The first-order valence-electron chi connectivity index (χ1n) is 13.1. The standard InChI is InChI=1S/C30H36FN5O3/c1-18(2)17-36(6)28(39)30(5)15-21-24(22(37)16-30)26(33-20-10-8-7-9-11-20)25(34-21)19-12-13-32-23(14-19)35-27(38)29(3,4)31/h7-14,18,33-34H,15-17H2,1-6H3,(H,32,35,38). The molecule has 0 radical (unpaired) electrons. The molecule has 8 nitrogen and oxygen atoms in total. The first kappa shape index (κ1) is 28.0. The van der Waals surface area contributed by atoms with Gasteiger partial charge in [-0.05, 0) is 51.0 Å². The van der Waals surface area contributed by atoms with E-state index in [-0.39, 0.29) is 23.9 Å². The molecule has 0 bridgehead atoms. The van der Waals surface area contributed by atoms with E-state index in [0.717, 1.165) is 5.69 Å². The molecule has 0 saturated carbocycles. The summed E-state index contributed by atoms with van der Waals surface area (Å²) >= 11 is 0. The van der Waals surface area contributed by atoms with E-state index in [1.54, 1.807) is 24.1 Å². The fourth-order valence-electron chi connectivity index (χ4n) is 5.06. The largest absolute Gasteiger partial charge is 0.356 e. The molecule has 0 saturated heterocycles. The van der Waals surface area contributed by atoms with Crippen molar-refractivity contribution >= 4 is 34.8 Å². The van der Waals surface area contributed by atoms with Crippen LogP contribution in [0.5, 0.6) is 0 Å². The van der Waals surface area contributed by atoms with Crippen molar-refractivity contribution in [2.24, 2.45) is 11.3 Å². The monoisotopic (exact) mass is 533 g/mol. The molecule has 4 rings (SSSR count). The number of Topliss-reactive ketones (excluding diaryl/α,β-unsaturated/α-hetero) is 1. The number of hydrogen-bond acceptors (Lipinski definition) is 5. The highest BCUT2D eigenvalue weighted by atomic mass is 19.1. The minimum Gasteiger partial charge on any atom is -0.356 e. The molecule has 206 valence electrons. The molecule has 1 aliphatic rings. The van der Waals surface area contributed by atoms with Gasteiger partial charge in [-0.2, -0.15) is 0 Å². The lowest BCUT2D eigenvalue weighted by Crippen LogP contribution is -2.46. The third kappa shape index (κ3) is 6.02. The summed E-state index contributed by atoms with van der Waals surface area (Å²) in [5.74, 6) is -0.515. The predicted molar refractivity (Wildman–Crippen MR) is 151 cm³/mol. The summed E-state index contributed by atoms with van der Waals surface area (Å²) in [6, 6.07) is 12.8. The highest BCUT2D eigenvalue weighted by molar-refractivity contribution is 6.10.